The van der Waals surface area contributed by atoms with Crippen LogP contribution >= 0.6 is 0 Å². The molecule has 0 spiro atoms. The number of amides is 1. The van der Waals surface area contributed by atoms with E-state index in [9.17, 15) is 13.2 Å². The fourth-order valence-electron chi connectivity index (χ4n) is 3.99. The van der Waals surface area contributed by atoms with Crippen molar-refractivity contribution < 1.29 is 13.2 Å². The Hall–Kier alpha value is -2.86. The fraction of sp³-hybridized carbons (Fsp3) is 0.261. The molecule has 1 heterocycles. The molecule has 1 N–H and O–H groups in total. The van der Waals surface area contributed by atoms with Gasteiger partial charge in [0.1, 0.15) is 0 Å². The van der Waals surface area contributed by atoms with Gasteiger partial charge in [0.05, 0.1) is 16.3 Å². The Morgan fingerprint density at radius 3 is 2.38 bits per heavy atom. The van der Waals surface area contributed by atoms with Crippen LogP contribution in [0.2, 0.25) is 0 Å². The van der Waals surface area contributed by atoms with Crippen molar-refractivity contribution in [3.63, 3.8) is 0 Å². The van der Waals surface area contributed by atoms with Crippen molar-refractivity contribution in [2.45, 2.75) is 38.0 Å². The average molecular weight is 409 g/mol. The van der Waals surface area contributed by atoms with Gasteiger partial charge in [-0.3, -0.25) is 9.52 Å². The van der Waals surface area contributed by atoms with Crippen LogP contribution in [-0.2, 0) is 15.4 Å². The van der Waals surface area contributed by atoms with Gasteiger partial charge in [0, 0.05) is 22.9 Å². The molecule has 0 saturated carbocycles. The summed E-state index contributed by atoms with van der Waals surface area (Å²) in [5, 5.41) is 1.26. The van der Waals surface area contributed by atoms with Gasteiger partial charge in [0.2, 0.25) is 0 Å². The van der Waals surface area contributed by atoms with Crippen LogP contribution in [0.15, 0.2) is 59.5 Å². The van der Waals surface area contributed by atoms with Gasteiger partial charge < -0.3 is 4.90 Å². The SMILES string of the molecule is CCN1C(=O)c2cccc3c(S(=O)(=O)Nc4ccccc4C(C)(C)C)ccc1c23. The first-order valence-corrected chi connectivity index (χ1v) is 11.1. The van der Waals surface area contributed by atoms with E-state index in [1.165, 1.54) is 0 Å². The van der Waals surface area contributed by atoms with E-state index in [1.807, 2.05) is 45.9 Å². The van der Waals surface area contributed by atoms with Crippen molar-refractivity contribution in [1.29, 1.82) is 0 Å². The van der Waals surface area contributed by atoms with Crippen molar-refractivity contribution in [2.24, 2.45) is 0 Å². The third-order valence-electron chi connectivity index (χ3n) is 5.33. The van der Waals surface area contributed by atoms with Crippen LogP contribution < -0.4 is 9.62 Å². The first kappa shape index (κ1) is 19.5. The smallest absolute Gasteiger partial charge is 0.262 e. The van der Waals surface area contributed by atoms with E-state index in [0.717, 1.165) is 11.3 Å². The van der Waals surface area contributed by atoms with E-state index in [1.54, 1.807) is 41.3 Å². The highest BCUT2D eigenvalue weighted by Crippen LogP contribution is 2.40. The Labute approximate surface area is 171 Å². The lowest BCUT2D eigenvalue weighted by atomic mass is 9.86. The van der Waals surface area contributed by atoms with Gasteiger partial charge in [-0.15, -0.1) is 0 Å². The molecule has 0 radical (unpaired) electrons. The topological polar surface area (TPSA) is 66.5 Å². The number of carbonyl (C=O) groups excluding carboxylic acids is 1. The van der Waals surface area contributed by atoms with Gasteiger partial charge in [-0.05, 0) is 42.2 Å². The zero-order valence-corrected chi connectivity index (χ0v) is 17.8. The van der Waals surface area contributed by atoms with Crippen molar-refractivity contribution in [3.8, 4) is 0 Å². The predicted octanol–water partition coefficient (Wildman–Crippen LogP) is 4.92. The summed E-state index contributed by atoms with van der Waals surface area (Å²) in [7, 11) is -3.85. The minimum absolute atomic E-state index is 0.0892. The summed E-state index contributed by atoms with van der Waals surface area (Å²) in [5.41, 5.74) is 2.58. The van der Waals surface area contributed by atoms with E-state index < -0.39 is 10.0 Å². The predicted molar refractivity (Wildman–Crippen MR) is 117 cm³/mol. The highest BCUT2D eigenvalue weighted by Gasteiger charge is 2.31. The minimum Gasteiger partial charge on any atom is -0.308 e. The zero-order chi connectivity index (χ0) is 21.0. The summed E-state index contributed by atoms with van der Waals surface area (Å²) in [4.78, 5) is 14.5. The number of nitrogens with one attached hydrogen (secondary N) is 1. The normalized spacial score (nSPS) is 13.9. The number of rotatable bonds is 4. The number of carbonyl (C=O) groups is 1. The monoisotopic (exact) mass is 408 g/mol. The van der Waals surface area contributed by atoms with E-state index >= 15 is 0 Å². The molecule has 5 nitrogen and oxygen atoms in total. The molecule has 3 aromatic rings. The summed E-state index contributed by atoms with van der Waals surface area (Å²) in [6, 6.07) is 16.0. The molecule has 1 amide bonds. The van der Waals surface area contributed by atoms with Gasteiger partial charge >= 0.3 is 0 Å². The molecule has 6 heteroatoms. The molecule has 150 valence electrons. The molecule has 29 heavy (non-hydrogen) atoms. The first-order chi connectivity index (χ1) is 13.6. The molecule has 3 aromatic carbocycles. The number of hydrogen-bond donors (Lipinski definition) is 1. The Morgan fingerprint density at radius 1 is 0.966 bits per heavy atom. The second-order valence-corrected chi connectivity index (χ2v) is 9.91. The first-order valence-electron chi connectivity index (χ1n) is 9.65. The number of para-hydroxylation sites is 1. The molecule has 1 aliphatic rings. The van der Waals surface area contributed by atoms with Gasteiger partial charge in [0.15, 0.2) is 0 Å². The number of benzene rings is 3. The Balaban J connectivity index is 1.87. The molecule has 0 atom stereocenters. The van der Waals surface area contributed by atoms with Crippen molar-refractivity contribution in [1.82, 2.24) is 0 Å². The molecule has 4 rings (SSSR count). The second kappa shape index (κ2) is 6.59. The number of sulfonamides is 1. The van der Waals surface area contributed by atoms with Crippen LogP contribution in [0.25, 0.3) is 10.8 Å². The lowest BCUT2D eigenvalue weighted by Crippen LogP contribution is -2.25. The lowest BCUT2D eigenvalue weighted by Gasteiger charge is -2.23. The van der Waals surface area contributed by atoms with E-state index in [2.05, 4.69) is 4.72 Å². The maximum atomic E-state index is 13.4. The molecule has 0 aromatic heterocycles. The van der Waals surface area contributed by atoms with E-state index in [4.69, 9.17) is 0 Å². The number of nitrogens with zero attached hydrogens (tertiary/aromatic N) is 1. The van der Waals surface area contributed by atoms with Crippen LogP contribution in [0.4, 0.5) is 11.4 Å². The van der Waals surface area contributed by atoms with Crippen LogP contribution in [0.3, 0.4) is 0 Å². The molecule has 1 aliphatic heterocycles. The van der Waals surface area contributed by atoms with Crippen LogP contribution in [0.1, 0.15) is 43.6 Å². The summed E-state index contributed by atoms with van der Waals surface area (Å²) >= 11 is 0. The van der Waals surface area contributed by atoms with Crippen LogP contribution in [-0.4, -0.2) is 20.9 Å². The van der Waals surface area contributed by atoms with Crippen LogP contribution in [0.5, 0.6) is 0 Å². The van der Waals surface area contributed by atoms with Gasteiger partial charge in [-0.25, -0.2) is 8.42 Å². The Morgan fingerprint density at radius 2 is 1.69 bits per heavy atom. The van der Waals surface area contributed by atoms with Gasteiger partial charge in [0.25, 0.3) is 15.9 Å². The summed E-state index contributed by atoms with van der Waals surface area (Å²) < 4.78 is 29.5. The quantitative estimate of drug-likeness (QED) is 0.666. The number of anilines is 2. The highest BCUT2D eigenvalue weighted by atomic mass is 32.2. The molecular weight excluding hydrogens is 384 g/mol. The number of hydrogen-bond acceptors (Lipinski definition) is 3. The molecule has 0 fully saturated rings. The molecular formula is C23H24N2O3S. The molecule has 0 bridgehead atoms. The summed E-state index contributed by atoms with van der Waals surface area (Å²) in [6.07, 6.45) is 0. The third-order valence-corrected chi connectivity index (χ3v) is 6.75. The second-order valence-electron chi connectivity index (χ2n) is 8.26. The fourth-order valence-corrected chi connectivity index (χ4v) is 5.28. The van der Waals surface area contributed by atoms with Crippen molar-refractivity contribution in [2.75, 3.05) is 16.2 Å². The minimum atomic E-state index is -3.85. The third kappa shape index (κ3) is 3.08. The van der Waals surface area contributed by atoms with Gasteiger partial charge in [-0.2, -0.15) is 0 Å². The molecule has 0 unspecified atom stereocenters. The summed E-state index contributed by atoms with van der Waals surface area (Å²) in [6.45, 7) is 8.58. The summed E-state index contributed by atoms with van der Waals surface area (Å²) in [5.74, 6) is -0.0892. The molecule has 0 saturated heterocycles. The van der Waals surface area contributed by atoms with Crippen molar-refractivity contribution in [3.05, 3.63) is 65.7 Å². The standard InChI is InChI=1S/C23H24N2O3S/c1-5-25-19-13-14-20(15-9-8-10-16(21(15)19)22(25)26)29(27,28)24-18-12-7-6-11-17(18)23(2,3)4/h6-14,24H,5H2,1-4H3. The highest BCUT2D eigenvalue weighted by molar-refractivity contribution is 7.93. The lowest BCUT2D eigenvalue weighted by molar-refractivity contribution is 0.0994. The maximum Gasteiger partial charge on any atom is 0.262 e. The van der Waals surface area contributed by atoms with E-state index in [0.29, 0.717) is 28.6 Å². The Kier molecular flexibility index (Phi) is 4.42. The maximum absolute atomic E-state index is 13.4. The zero-order valence-electron chi connectivity index (χ0n) is 17.0. The van der Waals surface area contributed by atoms with Crippen molar-refractivity contribution >= 4 is 38.1 Å². The molecule has 0 aliphatic carbocycles. The van der Waals surface area contributed by atoms with Crippen LogP contribution in [0, 0.1) is 0 Å². The van der Waals surface area contributed by atoms with E-state index in [-0.39, 0.29) is 16.2 Å². The average Bonchev–Trinajstić information content (AvgIpc) is 2.94. The Bertz CT molecular complexity index is 1240. The van der Waals surface area contributed by atoms with Gasteiger partial charge in [-0.1, -0.05) is 51.1 Å². The largest absolute Gasteiger partial charge is 0.308 e.